The molecule has 0 saturated heterocycles. The molecule has 1 fully saturated rings. The Bertz CT molecular complexity index is 714. The van der Waals surface area contributed by atoms with Gasteiger partial charge in [-0.2, -0.15) is 5.09 Å². The molecule has 7 heteroatoms. The number of hydrogen-bond donors (Lipinski definition) is 1. The zero-order chi connectivity index (χ0) is 21.7. The van der Waals surface area contributed by atoms with Gasteiger partial charge in [-0.25, -0.2) is 4.57 Å². The predicted molar refractivity (Wildman–Crippen MR) is 115 cm³/mol. The van der Waals surface area contributed by atoms with Gasteiger partial charge in [0.2, 0.25) is 0 Å². The Labute approximate surface area is 175 Å². The lowest BCUT2D eigenvalue weighted by atomic mass is 9.83. The van der Waals surface area contributed by atoms with Gasteiger partial charge in [-0.3, -0.25) is 9.32 Å². The van der Waals surface area contributed by atoms with Gasteiger partial charge >= 0.3 is 13.7 Å². The summed E-state index contributed by atoms with van der Waals surface area (Å²) in [4.78, 5) is 12.7. The van der Waals surface area contributed by atoms with Gasteiger partial charge in [-0.05, 0) is 42.7 Å². The van der Waals surface area contributed by atoms with Crippen LogP contribution in [0.1, 0.15) is 89.7 Å². The van der Waals surface area contributed by atoms with E-state index in [9.17, 15) is 9.36 Å². The van der Waals surface area contributed by atoms with E-state index in [-0.39, 0.29) is 18.4 Å². The maximum Gasteiger partial charge on any atom is 0.459 e. The van der Waals surface area contributed by atoms with E-state index in [1.807, 2.05) is 18.2 Å². The van der Waals surface area contributed by atoms with E-state index in [4.69, 9.17) is 13.8 Å². The lowest BCUT2D eigenvalue weighted by Gasteiger charge is -2.37. The van der Waals surface area contributed by atoms with Crippen molar-refractivity contribution < 1.29 is 23.1 Å². The second-order valence-corrected chi connectivity index (χ2v) is 9.99. The monoisotopic (exact) mass is 425 g/mol. The highest BCUT2D eigenvalue weighted by molar-refractivity contribution is 7.52. The molecule has 2 rings (SSSR count). The third-order valence-corrected chi connectivity index (χ3v) is 7.19. The fourth-order valence-corrected chi connectivity index (χ4v) is 5.73. The first-order valence-electron chi connectivity index (χ1n) is 10.6. The van der Waals surface area contributed by atoms with Gasteiger partial charge in [0.05, 0.1) is 13.7 Å². The van der Waals surface area contributed by atoms with Crippen LogP contribution in [-0.2, 0) is 18.6 Å². The third kappa shape index (κ3) is 5.62. The van der Waals surface area contributed by atoms with E-state index in [0.717, 1.165) is 30.4 Å². The maximum absolute atomic E-state index is 13.9. The molecule has 0 radical (unpaired) electrons. The largest absolute Gasteiger partial charge is 0.468 e. The van der Waals surface area contributed by atoms with E-state index in [1.54, 1.807) is 6.92 Å². The minimum Gasteiger partial charge on any atom is -0.468 e. The molecule has 1 N–H and O–H groups in total. The van der Waals surface area contributed by atoms with Crippen molar-refractivity contribution in [2.45, 2.75) is 84.1 Å². The number of esters is 1. The Kier molecular flexibility index (Phi) is 8.33. The summed E-state index contributed by atoms with van der Waals surface area (Å²) in [6.45, 7) is 10.2. The molecule has 1 saturated carbocycles. The first kappa shape index (κ1) is 23.9. The second kappa shape index (κ2) is 10.1. The first-order valence-corrected chi connectivity index (χ1v) is 12.2. The molecule has 1 aliphatic rings. The number of carbonyl (C=O) groups excluding carboxylic acids is 1. The van der Waals surface area contributed by atoms with Crippen molar-refractivity contribution in [3.8, 4) is 5.75 Å². The van der Waals surface area contributed by atoms with Crippen LogP contribution < -0.4 is 9.61 Å². The summed E-state index contributed by atoms with van der Waals surface area (Å²) in [5, 5.41) is 3.01. The summed E-state index contributed by atoms with van der Waals surface area (Å²) >= 11 is 0. The smallest absolute Gasteiger partial charge is 0.459 e. The summed E-state index contributed by atoms with van der Waals surface area (Å²) in [6.07, 6.45) is 3.84. The molecule has 0 bridgehead atoms. The van der Waals surface area contributed by atoms with Gasteiger partial charge in [-0.1, -0.05) is 65.2 Å². The second-order valence-electron chi connectivity index (χ2n) is 8.33. The molecular weight excluding hydrogens is 389 g/mol. The first-order chi connectivity index (χ1) is 13.7. The van der Waals surface area contributed by atoms with Crippen molar-refractivity contribution in [3.05, 3.63) is 29.3 Å². The Hall–Kier alpha value is -1.36. The van der Waals surface area contributed by atoms with Crippen LogP contribution in [0.3, 0.4) is 0 Å². The summed E-state index contributed by atoms with van der Waals surface area (Å²) in [5.74, 6) is 0.533. The maximum atomic E-state index is 13.9. The number of para-hydroxylation sites is 1. The minimum absolute atomic E-state index is 0.183. The molecule has 0 amide bonds. The van der Waals surface area contributed by atoms with Crippen molar-refractivity contribution in [2.75, 3.05) is 13.7 Å². The molecule has 164 valence electrons. The minimum atomic E-state index is -3.83. The van der Waals surface area contributed by atoms with Crippen molar-refractivity contribution in [1.29, 1.82) is 0 Å². The Morgan fingerprint density at radius 3 is 2.10 bits per heavy atom. The van der Waals surface area contributed by atoms with Crippen LogP contribution in [0.15, 0.2) is 18.2 Å². The van der Waals surface area contributed by atoms with E-state index >= 15 is 0 Å². The Morgan fingerprint density at radius 2 is 1.66 bits per heavy atom. The number of carbonyl (C=O) groups is 1. The third-order valence-electron chi connectivity index (χ3n) is 5.46. The Balaban J connectivity index is 2.48. The number of ether oxygens (including phenoxy) is 1. The van der Waals surface area contributed by atoms with Gasteiger partial charge < -0.3 is 9.26 Å². The number of rotatable bonds is 9. The van der Waals surface area contributed by atoms with E-state index in [0.29, 0.717) is 18.6 Å². The molecule has 0 aliphatic heterocycles. The number of methoxy groups -OCH3 is 1. The molecule has 6 nitrogen and oxygen atoms in total. The van der Waals surface area contributed by atoms with Crippen LogP contribution in [0.4, 0.5) is 0 Å². The quantitative estimate of drug-likeness (QED) is 0.391. The molecule has 1 atom stereocenters. The van der Waals surface area contributed by atoms with Crippen molar-refractivity contribution >= 4 is 13.7 Å². The molecule has 29 heavy (non-hydrogen) atoms. The Morgan fingerprint density at radius 1 is 1.10 bits per heavy atom. The topological polar surface area (TPSA) is 73.9 Å². The van der Waals surface area contributed by atoms with Crippen LogP contribution in [0.2, 0.25) is 0 Å². The molecule has 1 aromatic carbocycles. The molecular formula is C22H36NO5P. The van der Waals surface area contributed by atoms with E-state index in [2.05, 4.69) is 32.8 Å². The fraction of sp³-hybridized carbons (Fsp3) is 0.682. The highest BCUT2D eigenvalue weighted by Crippen LogP contribution is 2.51. The number of hydrogen-bond acceptors (Lipinski definition) is 5. The van der Waals surface area contributed by atoms with Crippen LogP contribution in [0.25, 0.3) is 0 Å². The van der Waals surface area contributed by atoms with E-state index in [1.165, 1.54) is 7.11 Å². The zero-order valence-electron chi connectivity index (χ0n) is 18.6. The van der Waals surface area contributed by atoms with Crippen molar-refractivity contribution in [1.82, 2.24) is 5.09 Å². The predicted octanol–water partition coefficient (Wildman–Crippen LogP) is 5.92. The highest BCUT2D eigenvalue weighted by Gasteiger charge is 2.47. The molecule has 1 aromatic rings. The van der Waals surface area contributed by atoms with E-state index < -0.39 is 19.3 Å². The summed E-state index contributed by atoms with van der Waals surface area (Å²) < 4.78 is 30.7. The van der Waals surface area contributed by atoms with Gasteiger partial charge in [0.15, 0.2) is 0 Å². The molecule has 0 heterocycles. The summed E-state index contributed by atoms with van der Waals surface area (Å²) in [5.41, 5.74) is 0.880. The normalized spacial score (nSPS) is 18.5. The van der Waals surface area contributed by atoms with Gasteiger partial charge in [0, 0.05) is 0 Å². The average Bonchev–Trinajstić information content (AvgIpc) is 2.67. The van der Waals surface area contributed by atoms with Crippen molar-refractivity contribution in [3.63, 3.8) is 0 Å². The standard InChI is InChI=1S/C22H36NO5P/c1-7-27-29(25,23-22(21(24)26-6)14-9-8-10-15-22)28-20-18(16(2)3)12-11-13-19(20)17(4)5/h11-13,16-17H,7-10,14-15H2,1-6H3,(H,23,25). The lowest BCUT2D eigenvalue weighted by molar-refractivity contribution is -0.149. The SMILES string of the molecule is CCOP(=O)(NC1(C(=O)OC)CCCCC1)Oc1c(C(C)C)cccc1C(C)C. The van der Waals surface area contributed by atoms with Gasteiger partial charge in [0.1, 0.15) is 11.3 Å². The summed E-state index contributed by atoms with van der Waals surface area (Å²) in [6, 6.07) is 5.96. The fourth-order valence-electron chi connectivity index (χ4n) is 3.93. The number of nitrogens with one attached hydrogen (secondary N) is 1. The van der Waals surface area contributed by atoms with Crippen LogP contribution in [0, 0.1) is 0 Å². The zero-order valence-corrected chi connectivity index (χ0v) is 19.5. The van der Waals surface area contributed by atoms with Gasteiger partial charge in [-0.15, -0.1) is 0 Å². The summed E-state index contributed by atoms with van der Waals surface area (Å²) in [7, 11) is -2.47. The molecule has 0 aromatic heterocycles. The molecule has 0 spiro atoms. The molecule has 1 aliphatic carbocycles. The molecule has 1 unspecified atom stereocenters. The van der Waals surface area contributed by atoms with Crippen LogP contribution in [0.5, 0.6) is 5.75 Å². The van der Waals surface area contributed by atoms with Crippen molar-refractivity contribution in [2.24, 2.45) is 0 Å². The van der Waals surface area contributed by atoms with Crippen LogP contribution in [-0.4, -0.2) is 25.2 Å². The lowest BCUT2D eigenvalue weighted by Crippen LogP contribution is -2.53. The van der Waals surface area contributed by atoms with Gasteiger partial charge in [0.25, 0.3) is 0 Å². The average molecular weight is 426 g/mol. The van der Waals surface area contributed by atoms with Crippen LogP contribution >= 0.6 is 7.75 Å². The highest BCUT2D eigenvalue weighted by atomic mass is 31.2. The number of benzene rings is 1.